The lowest BCUT2D eigenvalue weighted by molar-refractivity contribution is -0.127. The summed E-state index contributed by atoms with van der Waals surface area (Å²) in [7, 11) is 0. The third kappa shape index (κ3) is 5.08. The molecule has 1 saturated heterocycles. The Hall–Kier alpha value is -0.570. The lowest BCUT2D eigenvalue weighted by Gasteiger charge is -2.33. The van der Waals surface area contributed by atoms with E-state index >= 15 is 0 Å². The summed E-state index contributed by atoms with van der Waals surface area (Å²) >= 11 is 0. The van der Waals surface area contributed by atoms with E-state index in [1.54, 1.807) is 0 Å². The maximum atomic E-state index is 12.4. The zero-order chi connectivity index (χ0) is 14.4. The van der Waals surface area contributed by atoms with Crippen molar-refractivity contribution in [1.82, 2.24) is 10.2 Å². The van der Waals surface area contributed by atoms with Gasteiger partial charge in [0.25, 0.3) is 0 Å². The van der Waals surface area contributed by atoms with Crippen LogP contribution < -0.4 is 5.32 Å². The van der Waals surface area contributed by atoms with E-state index in [1.807, 2.05) is 0 Å². The first-order valence-corrected chi connectivity index (χ1v) is 8.68. The molecule has 0 aromatic heterocycles. The van der Waals surface area contributed by atoms with Crippen molar-refractivity contribution < 1.29 is 4.79 Å². The minimum Gasteiger partial charge on any atom is -0.353 e. The minimum absolute atomic E-state index is 0.234. The van der Waals surface area contributed by atoms with Crippen molar-refractivity contribution in [2.75, 3.05) is 19.6 Å². The predicted octanol–water partition coefficient (Wildman–Crippen LogP) is 3.19. The zero-order valence-corrected chi connectivity index (χ0v) is 13.4. The van der Waals surface area contributed by atoms with E-state index in [4.69, 9.17) is 0 Å². The lowest BCUT2D eigenvalue weighted by atomic mass is 9.93. The fraction of sp³-hybridized carbons (Fsp3) is 0.941. The van der Waals surface area contributed by atoms with Crippen LogP contribution in [0, 0.1) is 11.8 Å². The van der Waals surface area contributed by atoms with Gasteiger partial charge in [-0.2, -0.15) is 0 Å². The Morgan fingerprint density at radius 3 is 2.60 bits per heavy atom. The second-order valence-electron chi connectivity index (χ2n) is 7.17. The Morgan fingerprint density at radius 2 is 1.90 bits per heavy atom. The Morgan fingerprint density at radius 1 is 1.15 bits per heavy atom. The maximum Gasteiger partial charge on any atom is 0.224 e. The van der Waals surface area contributed by atoms with E-state index in [0.29, 0.717) is 11.9 Å². The van der Waals surface area contributed by atoms with Crippen molar-refractivity contribution in [3.63, 3.8) is 0 Å². The molecule has 0 spiro atoms. The van der Waals surface area contributed by atoms with Gasteiger partial charge in [0.15, 0.2) is 0 Å². The molecule has 1 aliphatic heterocycles. The molecule has 0 radical (unpaired) electrons. The second-order valence-corrected chi connectivity index (χ2v) is 7.17. The summed E-state index contributed by atoms with van der Waals surface area (Å²) in [4.78, 5) is 14.9. The molecule has 3 heteroatoms. The van der Waals surface area contributed by atoms with Gasteiger partial charge in [-0.15, -0.1) is 0 Å². The summed E-state index contributed by atoms with van der Waals surface area (Å²) < 4.78 is 0. The number of hydrogen-bond acceptors (Lipinski definition) is 2. The molecule has 2 fully saturated rings. The summed E-state index contributed by atoms with van der Waals surface area (Å²) in [5.41, 5.74) is 0. The van der Waals surface area contributed by atoms with Gasteiger partial charge < -0.3 is 10.2 Å². The van der Waals surface area contributed by atoms with Crippen LogP contribution in [0.25, 0.3) is 0 Å². The maximum absolute atomic E-state index is 12.4. The van der Waals surface area contributed by atoms with E-state index in [1.165, 1.54) is 51.5 Å². The average Bonchev–Trinajstić information content (AvgIpc) is 2.46. The second kappa shape index (κ2) is 8.02. The van der Waals surface area contributed by atoms with Crippen LogP contribution in [0.2, 0.25) is 0 Å². The smallest absolute Gasteiger partial charge is 0.224 e. The highest BCUT2D eigenvalue weighted by molar-refractivity contribution is 5.79. The molecule has 0 bridgehead atoms. The zero-order valence-electron chi connectivity index (χ0n) is 13.4. The molecule has 1 aliphatic carbocycles. The van der Waals surface area contributed by atoms with Gasteiger partial charge in [0.1, 0.15) is 0 Å². The molecular formula is C17H32N2O. The van der Waals surface area contributed by atoms with E-state index in [-0.39, 0.29) is 5.92 Å². The number of rotatable bonds is 5. The molecule has 20 heavy (non-hydrogen) atoms. The van der Waals surface area contributed by atoms with Crippen molar-refractivity contribution in [3.8, 4) is 0 Å². The minimum atomic E-state index is 0.234. The van der Waals surface area contributed by atoms with Gasteiger partial charge >= 0.3 is 0 Å². The molecule has 0 aromatic carbocycles. The number of nitrogens with one attached hydrogen (secondary N) is 1. The van der Waals surface area contributed by atoms with Gasteiger partial charge in [-0.25, -0.2) is 0 Å². The number of carbonyl (C=O) groups is 1. The molecule has 1 amide bonds. The SMILES string of the molecule is CC(C)CCN1CCCC(C(=O)NC2CCCCC2)C1. The summed E-state index contributed by atoms with van der Waals surface area (Å²) in [5.74, 6) is 1.32. The number of likely N-dealkylation sites (tertiary alicyclic amines) is 1. The summed E-state index contributed by atoms with van der Waals surface area (Å²) in [6, 6.07) is 0.460. The van der Waals surface area contributed by atoms with Gasteiger partial charge in [0.05, 0.1) is 5.92 Å². The Kier molecular flexibility index (Phi) is 6.34. The molecule has 1 heterocycles. The molecule has 1 unspecified atom stereocenters. The number of carbonyl (C=O) groups excluding carboxylic acids is 1. The van der Waals surface area contributed by atoms with Gasteiger partial charge in [0, 0.05) is 12.6 Å². The van der Waals surface area contributed by atoms with Crippen LogP contribution in [0.4, 0.5) is 0 Å². The van der Waals surface area contributed by atoms with Crippen molar-refractivity contribution in [2.24, 2.45) is 11.8 Å². The quantitative estimate of drug-likeness (QED) is 0.839. The van der Waals surface area contributed by atoms with Crippen LogP contribution in [0.5, 0.6) is 0 Å². The standard InChI is InChI=1S/C17H32N2O/c1-14(2)10-12-19-11-6-7-15(13-19)17(20)18-16-8-4-3-5-9-16/h14-16H,3-13H2,1-2H3,(H,18,20). The number of nitrogens with zero attached hydrogens (tertiary/aromatic N) is 1. The van der Waals surface area contributed by atoms with Gasteiger partial charge in [-0.3, -0.25) is 4.79 Å². The molecule has 2 rings (SSSR count). The van der Waals surface area contributed by atoms with Crippen LogP contribution in [-0.2, 0) is 4.79 Å². The largest absolute Gasteiger partial charge is 0.353 e. The van der Waals surface area contributed by atoms with Crippen LogP contribution in [0.15, 0.2) is 0 Å². The van der Waals surface area contributed by atoms with Crippen molar-refractivity contribution >= 4 is 5.91 Å². The molecule has 1 saturated carbocycles. The molecule has 2 aliphatic rings. The van der Waals surface area contributed by atoms with Crippen LogP contribution in [-0.4, -0.2) is 36.5 Å². The number of piperidine rings is 1. The third-order valence-corrected chi connectivity index (χ3v) is 4.85. The highest BCUT2D eigenvalue weighted by atomic mass is 16.2. The average molecular weight is 280 g/mol. The van der Waals surface area contributed by atoms with E-state index in [9.17, 15) is 4.79 Å². The van der Waals surface area contributed by atoms with Crippen molar-refractivity contribution in [3.05, 3.63) is 0 Å². The summed E-state index contributed by atoms with van der Waals surface area (Å²) in [5, 5.41) is 3.31. The van der Waals surface area contributed by atoms with E-state index in [2.05, 4.69) is 24.1 Å². The van der Waals surface area contributed by atoms with Crippen molar-refractivity contribution in [1.29, 1.82) is 0 Å². The third-order valence-electron chi connectivity index (χ3n) is 4.85. The summed E-state index contributed by atoms with van der Waals surface area (Å²) in [6.07, 6.45) is 9.81. The molecule has 0 aromatic rings. The fourth-order valence-corrected chi connectivity index (χ4v) is 3.48. The Balaban J connectivity index is 1.74. The van der Waals surface area contributed by atoms with E-state index < -0.39 is 0 Å². The van der Waals surface area contributed by atoms with Gasteiger partial charge in [0.2, 0.25) is 5.91 Å². The monoisotopic (exact) mass is 280 g/mol. The predicted molar refractivity (Wildman–Crippen MR) is 83.6 cm³/mol. The first-order valence-electron chi connectivity index (χ1n) is 8.68. The highest BCUT2D eigenvalue weighted by Crippen LogP contribution is 2.21. The molecular weight excluding hydrogens is 248 g/mol. The Labute approximate surface area is 124 Å². The molecule has 3 nitrogen and oxygen atoms in total. The lowest BCUT2D eigenvalue weighted by Crippen LogP contribution is -2.46. The fourth-order valence-electron chi connectivity index (χ4n) is 3.48. The normalized spacial score (nSPS) is 25.9. The molecule has 1 N–H and O–H groups in total. The highest BCUT2D eigenvalue weighted by Gasteiger charge is 2.27. The van der Waals surface area contributed by atoms with Crippen LogP contribution >= 0.6 is 0 Å². The molecule has 116 valence electrons. The first-order chi connectivity index (χ1) is 9.65. The Bertz CT molecular complexity index is 297. The number of amides is 1. The van der Waals surface area contributed by atoms with Crippen LogP contribution in [0.3, 0.4) is 0 Å². The first kappa shape index (κ1) is 15.8. The number of hydrogen-bond donors (Lipinski definition) is 1. The van der Waals surface area contributed by atoms with Gasteiger partial charge in [-0.05, 0) is 51.1 Å². The van der Waals surface area contributed by atoms with E-state index in [0.717, 1.165) is 25.4 Å². The van der Waals surface area contributed by atoms with Crippen molar-refractivity contribution in [2.45, 2.75) is 71.3 Å². The van der Waals surface area contributed by atoms with Crippen LogP contribution in [0.1, 0.15) is 65.2 Å². The molecule has 1 atom stereocenters. The topological polar surface area (TPSA) is 32.3 Å². The van der Waals surface area contributed by atoms with Gasteiger partial charge in [-0.1, -0.05) is 33.1 Å². The summed E-state index contributed by atoms with van der Waals surface area (Å²) in [6.45, 7) is 7.87.